The van der Waals surface area contributed by atoms with E-state index in [1.54, 1.807) is 0 Å². The number of hydrogen-bond acceptors (Lipinski definition) is 6. The van der Waals surface area contributed by atoms with Crippen molar-refractivity contribution in [3.63, 3.8) is 0 Å². The second kappa shape index (κ2) is 11.3. The minimum atomic E-state index is -0.0443. The lowest BCUT2D eigenvalue weighted by molar-refractivity contribution is 0.0924. The molecule has 1 fully saturated rings. The Morgan fingerprint density at radius 2 is 1.54 bits per heavy atom. The van der Waals surface area contributed by atoms with E-state index in [2.05, 4.69) is 10.6 Å². The first-order valence-electron chi connectivity index (χ1n) is 12.8. The second-order valence-electron chi connectivity index (χ2n) is 9.71. The van der Waals surface area contributed by atoms with Crippen molar-refractivity contribution in [2.24, 2.45) is 0 Å². The molecule has 0 bridgehead atoms. The summed E-state index contributed by atoms with van der Waals surface area (Å²) in [6.07, 6.45) is 3.69. The third-order valence-electron chi connectivity index (χ3n) is 6.80. The Kier molecular flexibility index (Phi) is 7.49. The highest BCUT2D eigenvalue weighted by molar-refractivity contribution is 5.95. The number of hydrogen-bond donors (Lipinski definition) is 2. The average Bonchev–Trinajstić information content (AvgIpc) is 2.93. The number of aromatic nitrogens is 2. The van der Waals surface area contributed by atoms with E-state index < -0.39 is 0 Å². The van der Waals surface area contributed by atoms with Gasteiger partial charge in [0.05, 0.1) is 5.52 Å². The molecule has 3 aromatic carbocycles. The first kappa shape index (κ1) is 24.6. The lowest BCUT2D eigenvalue weighted by Gasteiger charge is -2.30. The van der Waals surface area contributed by atoms with Gasteiger partial charge < -0.3 is 20.3 Å². The fraction of sp³-hybridized carbons (Fsp3) is 0.300. The summed E-state index contributed by atoms with van der Waals surface area (Å²) < 4.78 is 5.89. The molecule has 7 heteroatoms. The van der Waals surface area contributed by atoms with Gasteiger partial charge in [-0.1, -0.05) is 48.5 Å². The van der Waals surface area contributed by atoms with E-state index in [1.807, 2.05) is 97.9 Å². The van der Waals surface area contributed by atoms with Gasteiger partial charge in [0.25, 0.3) is 5.91 Å². The van der Waals surface area contributed by atoms with Gasteiger partial charge in [0.15, 0.2) is 0 Å². The van der Waals surface area contributed by atoms with Gasteiger partial charge in [-0.25, -0.2) is 4.98 Å². The number of nitrogens with zero attached hydrogens (tertiary/aromatic N) is 3. The van der Waals surface area contributed by atoms with Crippen LogP contribution in [0.2, 0.25) is 0 Å². The van der Waals surface area contributed by atoms with E-state index in [-0.39, 0.29) is 18.0 Å². The first-order chi connectivity index (χ1) is 18.1. The lowest BCUT2D eigenvalue weighted by Crippen LogP contribution is -2.40. The van der Waals surface area contributed by atoms with Crippen molar-refractivity contribution in [1.82, 2.24) is 15.3 Å². The van der Waals surface area contributed by atoms with Crippen LogP contribution in [0.25, 0.3) is 10.9 Å². The van der Waals surface area contributed by atoms with Crippen LogP contribution >= 0.6 is 0 Å². The van der Waals surface area contributed by atoms with Gasteiger partial charge >= 0.3 is 0 Å². The monoisotopic (exact) mass is 495 g/mol. The number of amides is 1. The molecule has 1 aliphatic rings. The molecular formula is C30H33N5O2. The third-order valence-corrected chi connectivity index (χ3v) is 6.80. The van der Waals surface area contributed by atoms with Gasteiger partial charge in [-0.2, -0.15) is 4.98 Å². The van der Waals surface area contributed by atoms with Crippen LogP contribution in [0.1, 0.15) is 41.6 Å². The highest BCUT2D eigenvalue weighted by Crippen LogP contribution is 2.26. The molecule has 1 heterocycles. The summed E-state index contributed by atoms with van der Waals surface area (Å²) in [5.41, 5.74) is 2.48. The molecule has 0 unspecified atom stereocenters. The topological polar surface area (TPSA) is 79.4 Å². The van der Waals surface area contributed by atoms with Crippen LogP contribution in [0.4, 0.5) is 11.8 Å². The molecule has 1 aromatic heterocycles. The molecule has 190 valence electrons. The van der Waals surface area contributed by atoms with Crippen molar-refractivity contribution in [2.75, 3.05) is 24.3 Å². The Hall–Kier alpha value is -4.13. The highest BCUT2D eigenvalue weighted by Gasteiger charge is 2.24. The van der Waals surface area contributed by atoms with Crippen LogP contribution in [0.15, 0.2) is 78.9 Å². The molecule has 0 radical (unpaired) electrons. The maximum atomic E-state index is 13.1. The molecule has 5 rings (SSSR count). The van der Waals surface area contributed by atoms with Gasteiger partial charge in [-0.15, -0.1) is 0 Å². The molecule has 7 nitrogen and oxygen atoms in total. The molecule has 1 amide bonds. The number of nitrogens with one attached hydrogen (secondary N) is 2. The van der Waals surface area contributed by atoms with Gasteiger partial charge in [0.1, 0.15) is 18.2 Å². The Bertz CT molecular complexity index is 1350. The Balaban J connectivity index is 1.17. The molecule has 37 heavy (non-hydrogen) atoms. The number of para-hydroxylation sites is 2. The highest BCUT2D eigenvalue weighted by atomic mass is 16.5. The Labute approximate surface area is 217 Å². The number of fused-ring (bicyclic) bond motifs is 1. The van der Waals surface area contributed by atoms with Crippen molar-refractivity contribution in [3.05, 3.63) is 90.0 Å². The second-order valence-corrected chi connectivity index (χ2v) is 9.71. The summed E-state index contributed by atoms with van der Waals surface area (Å²) in [5, 5.41) is 7.82. The van der Waals surface area contributed by atoms with Crippen LogP contribution in [-0.4, -0.2) is 42.1 Å². The first-order valence-corrected chi connectivity index (χ1v) is 12.8. The number of benzene rings is 3. The van der Waals surface area contributed by atoms with Crippen LogP contribution in [0.5, 0.6) is 5.75 Å². The molecule has 1 saturated carbocycles. The van der Waals surface area contributed by atoms with Gasteiger partial charge in [-0.05, 0) is 56.0 Å². The molecule has 1 aliphatic carbocycles. The summed E-state index contributed by atoms with van der Waals surface area (Å²) in [6, 6.07) is 25.8. The van der Waals surface area contributed by atoms with E-state index in [4.69, 9.17) is 14.7 Å². The molecule has 0 saturated heterocycles. The smallest absolute Gasteiger partial charge is 0.251 e. The maximum absolute atomic E-state index is 13.1. The predicted octanol–water partition coefficient (Wildman–Crippen LogP) is 5.43. The zero-order valence-electron chi connectivity index (χ0n) is 21.4. The Morgan fingerprint density at radius 3 is 2.32 bits per heavy atom. The van der Waals surface area contributed by atoms with E-state index in [9.17, 15) is 4.79 Å². The molecule has 0 atom stereocenters. The lowest BCUT2D eigenvalue weighted by atomic mass is 9.91. The predicted molar refractivity (Wildman–Crippen MR) is 148 cm³/mol. The number of ether oxygens (including phenoxy) is 1. The van der Waals surface area contributed by atoms with Crippen LogP contribution in [0, 0.1) is 0 Å². The maximum Gasteiger partial charge on any atom is 0.251 e. The Morgan fingerprint density at radius 1 is 0.865 bits per heavy atom. The van der Waals surface area contributed by atoms with E-state index in [1.165, 1.54) is 0 Å². The van der Waals surface area contributed by atoms with Crippen molar-refractivity contribution in [1.29, 1.82) is 0 Å². The van der Waals surface area contributed by atoms with E-state index in [0.29, 0.717) is 18.1 Å². The summed E-state index contributed by atoms with van der Waals surface area (Å²) in [4.78, 5) is 24.7. The van der Waals surface area contributed by atoms with Gasteiger partial charge in [0, 0.05) is 42.7 Å². The number of carbonyl (C=O) groups is 1. The van der Waals surface area contributed by atoms with Crippen molar-refractivity contribution < 1.29 is 9.53 Å². The van der Waals surface area contributed by atoms with E-state index >= 15 is 0 Å². The summed E-state index contributed by atoms with van der Waals surface area (Å²) in [7, 11) is 4.00. The fourth-order valence-corrected chi connectivity index (χ4v) is 4.84. The fourth-order valence-electron chi connectivity index (χ4n) is 4.84. The largest absolute Gasteiger partial charge is 0.489 e. The molecule has 2 N–H and O–H groups in total. The average molecular weight is 496 g/mol. The third kappa shape index (κ3) is 6.00. The van der Waals surface area contributed by atoms with Gasteiger partial charge in [-0.3, -0.25) is 4.79 Å². The quantitative estimate of drug-likeness (QED) is 0.339. The SMILES string of the molecule is CN(C)c1nc(NC2CCC(NC(=O)c3ccccc3COc3ccccc3)CC2)nc2ccccc12. The summed E-state index contributed by atoms with van der Waals surface area (Å²) in [5.74, 6) is 2.31. The standard InChI is InChI=1S/C30H33N5O2/c1-35(2)28-26-14-8-9-15-27(26)33-30(34-28)32-23-18-16-22(17-19-23)31-29(36)25-13-7-6-10-21(25)20-37-24-11-4-3-5-12-24/h3-15,22-23H,16-20H2,1-2H3,(H,31,36)(H,32,33,34). The van der Waals surface area contributed by atoms with Gasteiger partial charge in [0.2, 0.25) is 5.95 Å². The van der Waals surface area contributed by atoms with Crippen LogP contribution in [0.3, 0.4) is 0 Å². The molecule has 4 aromatic rings. The van der Waals surface area contributed by atoms with E-state index in [0.717, 1.165) is 53.7 Å². The van der Waals surface area contributed by atoms with Crippen LogP contribution < -0.4 is 20.3 Å². The number of rotatable bonds is 8. The van der Waals surface area contributed by atoms with Crippen molar-refractivity contribution in [2.45, 2.75) is 44.4 Å². The number of carbonyl (C=O) groups excluding carboxylic acids is 1. The normalized spacial score (nSPS) is 17.2. The molecule has 0 spiro atoms. The minimum absolute atomic E-state index is 0.0443. The zero-order chi connectivity index (χ0) is 25.6. The van der Waals surface area contributed by atoms with Crippen molar-refractivity contribution in [3.8, 4) is 5.75 Å². The zero-order valence-corrected chi connectivity index (χ0v) is 21.4. The summed E-state index contributed by atoms with van der Waals surface area (Å²) >= 11 is 0. The molecular weight excluding hydrogens is 462 g/mol. The minimum Gasteiger partial charge on any atom is -0.489 e. The summed E-state index contributed by atoms with van der Waals surface area (Å²) in [6.45, 7) is 0.352. The number of anilines is 2. The van der Waals surface area contributed by atoms with Crippen LogP contribution in [-0.2, 0) is 6.61 Å². The molecule has 0 aliphatic heterocycles. The van der Waals surface area contributed by atoms with Crippen molar-refractivity contribution >= 4 is 28.6 Å².